The molecular formula is C18H16FN3O3. The number of hydrogen-bond acceptors (Lipinski definition) is 5. The summed E-state index contributed by atoms with van der Waals surface area (Å²) in [6.07, 6.45) is 1.64. The molecule has 1 amide bonds. The highest BCUT2D eigenvalue weighted by Crippen LogP contribution is 2.21. The molecule has 128 valence electrons. The quantitative estimate of drug-likeness (QED) is 0.764. The fraction of sp³-hybridized carbons (Fsp3) is 0.167. The molecule has 1 N–H and O–H groups in total. The Hall–Kier alpha value is -3.22. The molecule has 3 aromatic rings. The molecule has 2 heterocycles. The van der Waals surface area contributed by atoms with Crippen LogP contribution < -0.4 is 10.1 Å². The predicted molar refractivity (Wildman–Crippen MR) is 89.0 cm³/mol. The van der Waals surface area contributed by atoms with Crippen LogP contribution >= 0.6 is 0 Å². The van der Waals surface area contributed by atoms with Crippen molar-refractivity contribution in [1.29, 1.82) is 0 Å². The second-order valence-corrected chi connectivity index (χ2v) is 5.47. The summed E-state index contributed by atoms with van der Waals surface area (Å²) in [6.45, 7) is 3.56. The van der Waals surface area contributed by atoms with Gasteiger partial charge in [-0.3, -0.25) is 4.79 Å². The standard InChI is InChI=1S/C18H16FN3O3/c1-11-16(12(2)25-22-11)9-17(23)21-14-6-7-18(20-10-14)24-15-5-3-4-13(19)8-15/h3-8,10H,9H2,1-2H3,(H,21,23). The Bertz CT molecular complexity index is 871. The highest BCUT2D eigenvalue weighted by molar-refractivity contribution is 5.92. The maximum Gasteiger partial charge on any atom is 0.229 e. The number of hydrogen-bond donors (Lipinski definition) is 1. The van der Waals surface area contributed by atoms with Gasteiger partial charge >= 0.3 is 0 Å². The van der Waals surface area contributed by atoms with Crippen molar-refractivity contribution < 1.29 is 18.4 Å². The molecule has 0 unspecified atom stereocenters. The summed E-state index contributed by atoms with van der Waals surface area (Å²) < 4.78 is 23.6. The number of ether oxygens (including phenoxy) is 1. The van der Waals surface area contributed by atoms with E-state index in [0.29, 0.717) is 28.8 Å². The minimum Gasteiger partial charge on any atom is -0.439 e. The van der Waals surface area contributed by atoms with Gasteiger partial charge in [0.05, 0.1) is 24.0 Å². The van der Waals surface area contributed by atoms with Crippen molar-refractivity contribution in [3.63, 3.8) is 0 Å². The normalized spacial score (nSPS) is 10.5. The van der Waals surface area contributed by atoms with Gasteiger partial charge in [-0.15, -0.1) is 0 Å². The first-order valence-electron chi connectivity index (χ1n) is 7.62. The molecule has 0 atom stereocenters. The molecule has 0 saturated heterocycles. The van der Waals surface area contributed by atoms with Crippen LogP contribution in [0.3, 0.4) is 0 Å². The number of nitrogens with one attached hydrogen (secondary N) is 1. The number of benzene rings is 1. The first kappa shape index (κ1) is 16.6. The summed E-state index contributed by atoms with van der Waals surface area (Å²) in [5.41, 5.74) is 2.00. The number of halogens is 1. The highest BCUT2D eigenvalue weighted by Gasteiger charge is 2.13. The van der Waals surface area contributed by atoms with Crippen LogP contribution in [-0.2, 0) is 11.2 Å². The van der Waals surface area contributed by atoms with Crippen LogP contribution in [0.2, 0.25) is 0 Å². The fourth-order valence-corrected chi connectivity index (χ4v) is 2.29. The predicted octanol–water partition coefficient (Wildman–Crippen LogP) is 3.80. The summed E-state index contributed by atoms with van der Waals surface area (Å²) >= 11 is 0. The molecule has 0 aliphatic heterocycles. The largest absolute Gasteiger partial charge is 0.439 e. The number of nitrogens with zero attached hydrogens (tertiary/aromatic N) is 2. The van der Waals surface area contributed by atoms with Gasteiger partial charge in [-0.05, 0) is 32.0 Å². The van der Waals surface area contributed by atoms with Crippen molar-refractivity contribution in [2.24, 2.45) is 0 Å². The molecule has 0 aliphatic carbocycles. The molecule has 1 aromatic carbocycles. The molecule has 7 heteroatoms. The first-order chi connectivity index (χ1) is 12.0. The van der Waals surface area contributed by atoms with Crippen molar-refractivity contribution in [2.45, 2.75) is 20.3 Å². The molecule has 25 heavy (non-hydrogen) atoms. The summed E-state index contributed by atoms with van der Waals surface area (Å²) in [7, 11) is 0. The second-order valence-electron chi connectivity index (χ2n) is 5.47. The van der Waals surface area contributed by atoms with Gasteiger partial charge in [0.15, 0.2) is 0 Å². The Morgan fingerprint density at radius 3 is 2.76 bits per heavy atom. The minimum atomic E-state index is -0.388. The third kappa shape index (κ3) is 4.20. The lowest BCUT2D eigenvalue weighted by Crippen LogP contribution is -2.15. The lowest BCUT2D eigenvalue weighted by atomic mass is 10.1. The van der Waals surface area contributed by atoms with E-state index in [9.17, 15) is 9.18 Å². The average Bonchev–Trinajstić information content (AvgIpc) is 2.89. The third-order valence-corrected chi connectivity index (χ3v) is 3.56. The Morgan fingerprint density at radius 2 is 2.12 bits per heavy atom. The maximum absolute atomic E-state index is 13.1. The molecule has 6 nitrogen and oxygen atoms in total. The number of pyridine rings is 1. The number of amides is 1. The smallest absolute Gasteiger partial charge is 0.229 e. The van der Waals surface area contributed by atoms with E-state index in [1.807, 2.05) is 0 Å². The number of aromatic nitrogens is 2. The van der Waals surface area contributed by atoms with Gasteiger partial charge in [0.25, 0.3) is 0 Å². The SMILES string of the molecule is Cc1noc(C)c1CC(=O)Nc1ccc(Oc2cccc(F)c2)nc1. The van der Waals surface area contributed by atoms with Gasteiger partial charge in [0.1, 0.15) is 17.3 Å². The Kier molecular flexibility index (Phi) is 4.74. The molecule has 2 aromatic heterocycles. The van der Waals surface area contributed by atoms with Gasteiger partial charge < -0.3 is 14.6 Å². The van der Waals surface area contributed by atoms with E-state index in [0.717, 1.165) is 5.56 Å². The van der Waals surface area contributed by atoms with Gasteiger partial charge in [-0.25, -0.2) is 9.37 Å². The molecule has 3 rings (SSSR count). The summed E-state index contributed by atoms with van der Waals surface area (Å²) in [6, 6.07) is 9.03. The summed E-state index contributed by atoms with van der Waals surface area (Å²) in [5.74, 6) is 0.692. The van der Waals surface area contributed by atoms with Crippen molar-refractivity contribution in [2.75, 3.05) is 5.32 Å². The zero-order valence-corrected chi connectivity index (χ0v) is 13.7. The topological polar surface area (TPSA) is 77.2 Å². The van der Waals surface area contributed by atoms with E-state index < -0.39 is 0 Å². The lowest BCUT2D eigenvalue weighted by molar-refractivity contribution is -0.115. The van der Waals surface area contributed by atoms with E-state index in [1.54, 1.807) is 38.1 Å². The van der Waals surface area contributed by atoms with Gasteiger partial charge in [-0.1, -0.05) is 11.2 Å². The van der Waals surface area contributed by atoms with Crippen LogP contribution in [0.1, 0.15) is 17.0 Å². The van der Waals surface area contributed by atoms with Gasteiger partial charge in [0, 0.05) is 17.7 Å². The monoisotopic (exact) mass is 341 g/mol. The fourth-order valence-electron chi connectivity index (χ4n) is 2.29. The van der Waals surface area contributed by atoms with Gasteiger partial charge in [0.2, 0.25) is 11.8 Å². The van der Waals surface area contributed by atoms with Crippen molar-refractivity contribution in [3.05, 3.63) is 65.4 Å². The Morgan fingerprint density at radius 1 is 1.28 bits per heavy atom. The molecule has 0 saturated carbocycles. The van der Waals surface area contributed by atoms with Crippen LogP contribution in [0.15, 0.2) is 47.1 Å². The van der Waals surface area contributed by atoms with E-state index in [1.165, 1.54) is 18.3 Å². The Balaban J connectivity index is 1.61. The molecule has 0 aliphatic rings. The van der Waals surface area contributed by atoms with Crippen LogP contribution in [-0.4, -0.2) is 16.0 Å². The second kappa shape index (κ2) is 7.12. The van der Waals surface area contributed by atoms with Crippen LogP contribution in [0.5, 0.6) is 11.6 Å². The van der Waals surface area contributed by atoms with Crippen LogP contribution in [0.4, 0.5) is 10.1 Å². The highest BCUT2D eigenvalue weighted by atomic mass is 19.1. The van der Waals surface area contributed by atoms with E-state index in [4.69, 9.17) is 9.26 Å². The number of rotatable bonds is 5. The van der Waals surface area contributed by atoms with E-state index in [-0.39, 0.29) is 18.1 Å². The zero-order valence-electron chi connectivity index (χ0n) is 13.7. The van der Waals surface area contributed by atoms with Gasteiger partial charge in [-0.2, -0.15) is 0 Å². The Labute approximate surface area is 143 Å². The number of carbonyl (C=O) groups excluding carboxylic acids is 1. The number of anilines is 1. The molecule has 0 fully saturated rings. The number of carbonyl (C=O) groups is 1. The summed E-state index contributed by atoms with van der Waals surface area (Å²) in [5, 5.41) is 6.57. The minimum absolute atomic E-state index is 0.169. The zero-order chi connectivity index (χ0) is 17.8. The third-order valence-electron chi connectivity index (χ3n) is 3.56. The van der Waals surface area contributed by atoms with Crippen LogP contribution in [0, 0.1) is 19.7 Å². The van der Waals surface area contributed by atoms with Crippen molar-refractivity contribution >= 4 is 11.6 Å². The summed E-state index contributed by atoms with van der Waals surface area (Å²) in [4.78, 5) is 16.2. The molecular weight excluding hydrogens is 325 g/mol. The van der Waals surface area contributed by atoms with Crippen LogP contribution in [0.25, 0.3) is 0 Å². The first-order valence-corrected chi connectivity index (χ1v) is 7.62. The molecule has 0 bridgehead atoms. The number of aryl methyl sites for hydroxylation is 2. The van der Waals surface area contributed by atoms with Crippen molar-refractivity contribution in [1.82, 2.24) is 10.1 Å². The van der Waals surface area contributed by atoms with E-state index >= 15 is 0 Å². The maximum atomic E-state index is 13.1. The lowest BCUT2D eigenvalue weighted by Gasteiger charge is -2.07. The molecule has 0 radical (unpaired) electrons. The van der Waals surface area contributed by atoms with Crippen molar-refractivity contribution in [3.8, 4) is 11.6 Å². The molecule has 0 spiro atoms. The van der Waals surface area contributed by atoms with E-state index in [2.05, 4.69) is 15.5 Å². The average molecular weight is 341 g/mol.